The van der Waals surface area contributed by atoms with Crippen molar-refractivity contribution in [2.75, 3.05) is 37.7 Å². The summed E-state index contributed by atoms with van der Waals surface area (Å²) in [6.45, 7) is 5.40. The Hall–Kier alpha value is -1.39. The van der Waals surface area contributed by atoms with E-state index in [-0.39, 0.29) is 12.6 Å². The highest BCUT2D eigenvalue weighted by atomic mass is 35.5. The molecule has 0 spiro atoms. The Bertz CT molecular complexity index is 783. The molecule has 1 aromatic rings. The molecule has 0 aromatic heterocycles. The van der Waals surface area contributed by atoms with E-state index in [0.717, 1.165) is 5.69 Å². The van der Waals surface area contributed by atoms with Gasteiger partial charge in [-0.1, -0.05) is 23.7 Å². The van der Waals surface area contributed by atoms with Crippen LogP contribution in [0.1, 0.15) is 13.8 Å². The maximum Gasteiger partial charge on any atom is 0.313 e. The zero-order valence-electron chi connectivity index (χ0n) is 15.4. The van der Waals surface area contributed by atoms with Crippen molar-refractivity contribution in [3.63, 3.8) is 0 Å². The standard InChI is InChI=1S/C17H25ClN4O4S/c1-3-26-17(23)15-12(2)19-20-16(15)27(24,25)22-10-8-21(9-11-22)14-7-5-4-6-13(14)18/h4-7,12,15-16,19-20H,3,8-11H2,1-2H3. The number of anilines is 1. The summed E-state index contributed by atoms with van der Waals surface area (Å²) in [5.74, 6) is -1.30. The first-order valence-corrected chi connectivity index (χ1v) is 10.9. The zero-order chi connectivity index (χ0) is 19.6. The molecule has 3 atom stereocenters. The van der Waals surface area contributed by atoms with Crippen molar-refractivity contribution >= 4 is 33.3 Å². The number of rotatable bonds is 5. The first-order valence-electron chi connectivity index (χ1n) is 9.02. The Balaban J connectivity index is 1.71. The number of hydrogen-bond donors (Lipinski definition) is 2. The van der Waals surface area contributed by atoms with Crippen LogP contribution in [0.5, 0.6) is 0 Å². The van der Waals surface area contributed by atoms with E-state index in [1.807, 2.05) is 24.3 Å². The van der Waals surface area contributed by atoms with Crippen molar-refractivity contribution in [1.29, 1.82) is 0 Å². The second-order valence-corrected chi connectivity index (χ2v) is 9.12. The molecule has 0 saturated carbocycles. The molecule has 1 aromatic carbocycles. The summed E-state index contributed by atoms with van der Waals surface area (Å²) in [7, 11) is -3.72. The molecule has 2 aliphatic rings. The maximum absolute atomic E-state index is 13.1. The Morgan fingerprint density at radius 2 is 1.89 bits per heavy atom. The minimum atomic E-state index is -3.72. The van der Waals surface area contributed by atoms with Crippen molar-refractivity contribution in [3.05, 3.63) is 29.3 Å². The largest absolute Gasteiger partial charge is 0.466 e. The van der Waals surface area contributed by atoms with Crippen LogP contribution in [0.15, 0.2) is 24.3 Å². The predicted molar refractivity (Wildman–Crippen MR) is 104 cm³/mol. The number of para-hydroxylation sites is 1. The fourth-order valence-electron chi connectivity index (χ4n) is 3.53. The molecule has 0 aliphatic carbocycles. The molecule has 3 rings (SSSR count). The van der Waals surface area contributed by atoms with Crippen molar-refractivity contribution < 1.29 is 17.9 Å². The van der Waals surface area contributed by atoms with E-state index in [9.17, 15) is 13.2 Å². The molecule has 2 fully saturated rings. The van der Waals surface area contributed by atoms with E-state index < -0.39 is 27.3 Å². The molecule has 2 N–H and O–H groups in total. The number of ether oxygens (including phenoxy) is 1. The molecule has 0 amide bonds. The molecular weight excluding hydrogens is 392 g/mol. The van der Waals surface area contributed by atoms with Crippen LogP contribution in [-0.2, 0) is 19.6 Å². The van der Waals surface area contributed by atoms with Gasteiger partial charge in [-0.05, 0) is 26.0 Å². The highest BCUT2D eigenvalue weighted by Crippen LogP contribution is 2.28. The summed E-state index contributed by atoms with van der Waals surface area (Å²) in [5, 5.41) is -0.398. The van der Waals surface area contributed by atoms with Crippen LogP contribution in [0.4, 0.5) is 5.69 Å². The summed E-state index contributed by atoms with van der Waals surface area (Å²) in [6.07, 6.45) is 0. The van der Waals surface area contributed by atoms with Crippen LogP contribution in [0.25, 0.3) is 0 Å². The van der Waals surface area contributed by atoms with Gasteiger partial charge in [0.25, 0.3) is 0 Å². The van der Waals surface area contributed by atoms with E-state index in [1.54, 1.807) is 13.8 Å². The fraction of sp³-hybridized carbons (Fsp3) is 0.588. The van der Waals surface area contributed by atoms with E-state index in [4.69, 9.17) is 16.3 Å². The van der Waals surface area contributed by atoms with Crippen LogP contribution in [-0.4, -0.2) is 62.9 Å². The van der Waals surface area contributed by atoms with Crippen LogP contribution < -0.4 is 15.8 Å². The maximum atomic E-state index is 13.1. The summed E-state index contributed by atoms with van der Waals surface area (Å²) >= 11 is 6.24. The Morgan fingerprint density at radius 1 is 1.22 bits per heavy atom. The fourth-order valence-corrected chi connectivity index (χ4v) is 5.72. The van der Waals surface area contributed by atoms with Gasteiger partial charge in [0.05, 0.1) is 17.3 Å². The zero-order valence-corrected chi connectivity index (χ0v) is 17.0. The van der Waals surface area contributed by atoms with Gasteiger partial charge in [-0.25, -0.2) is 13.8 Å². The number of nitrogens with one attached hydrogen (secondary N) is 2. The normalized spacial score (nSPS) is 26.9. The minimum Gasteiger partial charge on any atom is -0.466 e. The summed E-state index contributed by atoms with van der Waals surface area (Å²) in [4.78, 5) is 14.3. The van der Waals surface area contributed by atoms with Crippen molar-refractivity contribution in [2.24, 2.45) is 5.92 Å². The number of carbonyl (C=O) groups is 1. The molecule has 8 nitrogen and oxygen atoms in total. The lowest BCUT2D eigenvalue weighted by Crippen LogP contribution is -2.55. The second-order valence-electron chi connectivity index (χ2n) is 6.66. The van der Waals surface area contributed by atoms with E-state index >= 15 is 0 Å². The highest BCUT2D eigenvalue weighted by Gasteiger charge is 2.49. The Labute approximate surface area is 164 Å². The number of nitrogens with zero attached hydrogens (tertiary/aromatic N) is 2. The number of benzene rings is 1. The monoisotopic (exact) mass is 416 g/mol. The van der Waals surface area contributed by atoms with E-state index in [2.05, 4.69) is 15.8 Å². The Kier molecular flexibility index (Phi) is 6.27. The number of hydrogen-bond acceptors (Lipinski definition) is 7. The Morgan fingerprint density at radius 3 is 2.52 bits per heavy atom. The molecule has 27 heavy (non-hydrogen) atoms. The molecule has 10 heteroatoms. The van der Waals surface area contributed by atoms with Gasteiger partial charge < -0.3 is 9.64 Å². The topological polar surface area (TPSA) is 91.0 Å². The molecule has 2 saturated heterocycles. The third-order valence-corrected chi connectivity index (χ3v) is 7.45. The van der Waals surface area contributed by atoms with Crippen molar-refractivity contribution in [1.82, 2.24) is 15.2 Å². The van der Waals surface area contributed by atoms with Crippen LogP contribution in [0.3, 0.4) is 0 Å². The lowest BCUT2D eigenvalue weighted by Gasteiger charge is -2.37. The van der Waals surface area contributed by atoms with Gasteiger partial charge in [-0.15, -0.1) is 0 Å². The minimum absolute atomic E-state index is 0.214. The van der Waals surface area contributed by atoms with Crippen LogP contribution >= 0.6 is 11.6 Å². The molecule has 3 unspecified atom stereocenters. The molecular formula is C17H25ClN4O4S. The lowest BCUT2D eigenvalue weighted by molar-refractivity contribution is -0.148. The first-order chi connectivity index (χ1) is 12.9. The molecule has 2 heterocycles. The average molecular weight is 417 g/mol. The predicted octanol–water partition coefficient (Wildman–Crippen LogP) is 0.794. The molecule has 0 bridgehead atoms. The lowest BCUT2D eigenvalue weighted by atomic mass is 10.0. The van der Waals surface area contributed by atoms with Gasteiger partial charge in [-0.3, -0.25) is 10.2 Å². The van der Waals surface area contributed by atoms with Gasteiger partial charge in [0.1, 0.15) is 5.92 Å². The second kappa shape index (κ2) is 8.32. The van der Waals surface area contributed by atoms with Crippen molar-refractivity contribution in [3.8, 4) is 0 Å². The van der Waals surface area contributed by atoms with Crippen molar-refractivity contribution in [2.45, 2.75) is 25.3 Å². The number of piperazine rings is 1. The average Bonchev–Trinajstić information content (AvgIpc) is 3.05. The van der Waals surface area contributed by atoms with Gasteiger partial charge in [0.15, 0.2) is 5.37 Å². The third kappa shape index (κ3) is 4.07. The summed E-state index contributed by atoms with van der Waals surface area (Å²) < 4.78 is 32.8. The summed E-state index contributed by atoms with van der Waals surface area (Å²) in [5.41, 5.74) is 6.53. The molecule has 150 valence electrons. The quantitative estimate of drug-likeness (QED) is 0.686. The number of esters is 1. The number of hydrazine groups is 1. The number of sulfonamides is 1. The molecule has 2 aliphatic heterocycles. The smallest absolute Gasteiger partial charge is 0.313 e. The van der Waals surface area contributed by atoms with E-state index in [0.29, 0.717) is 31.2 Å². The van der Waals surface area contributed by atoms with Gasteiger partial charge >= 0.3 is 5.97 Å². The third-order valence-electron chi connectivity index (χ3n) is 4.99. The van der Waals surface area contributed by atoms with Gasteiger partial charge in [0.2, 0.25) is 10.0 Å². The van der Waals surface area contributed by atoms with Crippen LogP contribution in [0.2, 0.25) is 5.02 Å². The van der Waals surface area contributed by atoms with Crippen LogP contribution in [0, 0.1) is 5.92 Å². The van der Waals surface area contributed by atoms with Gasteiger partial charge in [0, 0.05) is 32.2 Å². The first kappa shape index (κ1) is 20.3. The number of halogens is 1. The molecule has 0 radical (unpaired) electrons. The SMILES string of the molecule is CCOC(=O)C1C(C)NNC1S(=O)(=O)N1CCN(c2ccccc2Cl)CC1. The number of carbonyl (C=O) groups excluding carboxylic acids is 1. The van der Waals surface area contributed by atoms with Gasteiger partial charge in [-0.2, -0.15) is 4.31 Å². The summed E-state index contributed by atoms with van der Waals surface area (Å²) in [6, 6.07) is 7.17. The highest BCUT2D eigenvalue weighted by molar-refractivity contribution is 7.89. The van der Waals surface area contributed by atoms with E-state index in [1.165, 1.54) is 4.31 Å².